The van der Waals surface area contributed by atoms with Crippen molar-refractivity contribution >= 4 is 33.3 Å². The lowest BCUT2D eigenvalue weighted by molar-refractivity contribution is -0.114. The van der Waals surface area contributed by atoms with Crippen molar-refractivity contribution in [3.8, 4) is 11.1 Å². The van der Waals surface area contributed by atoms with Crippen LogP contribution in [0.3, 0.4) is 0 Å². The van der Waals surface area contributed by atoms with Gasteiger partial charge in [-0.15, -0.1) is 0 Å². The molecule has 0 fully saturated rings. The zero-order valence-corrected chi connectivity index (χ0v) is 19.2. The topological polar surface area (TPSA) is 166 Å². The van der Waals surface area contributed by atoms with E-state index in [0.717, 1.165) is 17.3 Å². The number of rotatable bonds is 8. The van der Waals surface area contributed by atoms with Crippen molar-refractivity contribution in [3.63, 3.8) is 0 Å². The Hall–Kier alpha value is -4.48. The number of amides is 1. The van der Waals surface area contributed by atoms with Crippen LogP contribution in [0, 0.1) is 5.82 Å². The predicted octanol–water partition coefficient (Wildman–Crippen LogP) is 2.86. The van der Waals surface area contributed by atoms with Crippen LogP contribution in [-0.4, -0.2) is 20.3 Å². The fraction of sp³-hybridized carbons (Fsp3) is 0. The van der Waals surface area contributed by atoms with Crippen LogP contribution >= 0.6 is 0 Å². The molecule has 0 aliphatic carbocycles. The van der Waals surface area contributed by atoms with Gasteiger partial charge in [0.15, 0.2) is 5.96 Å². The molecule has 3 aromatic rings. The maximum absolute atomic E-state index is 14.3. The first kappa shape index (κ1) is 25.1. The van der Waals surface area contributed by atoms with E-state index in [4.69, 9.17) is 16.6 Å². The summed E-state index contributed by atoms with van der Waals surface area (Å²) in [5, 5.41) is 10.6. The summed E-state index contributed by atoms with van der Waals surface area (Å²) in [6.45, 7) is 3.71. The van der Waals surface area contributed by atoms with E-state index >= 15 is 0 Å². The lowest BCUT2D eigenvalue weighted by Gasteiger charge is -2.13. The van der Waals surface area contributed by atoms with E-state index in [-0.39, 0.29) is 33.5 Å². The third-order valence-corrected chi connectivity index (χ3v) is 5.71. The van der Waals surface area contributed by atoms with Crippen LogP contribution in [0.5, 0.6) is 0 Å². The van der Waals surface area contributed by atoms with E-state index in [9.17, 15) is 17.6 Å². The highest BCUT2D eigenvalue weighted by atomic mass is 32.2. The quantitative estimate of drug-likeness (QED) is 0.140. The highest BCUT2D eigenvalue weighted by Crippen LogP contribution is 2.25. The van der Waals surface area contributed by atoms with Crippen molar-refractivity contribution < 1.29 is 17.6 Å². The lowest BCUT2D eigenvalue weighted by atomic mass is 10.1. The van der Waals surface area contributed by atoms with Gasteiger partial charge in [0, 0.05) is 11.9 Å². The summed E-state index contributed by atoms with van der Waals surface area (Å²) >= 11 is 0. The number of hydrogen-bond acceptors (Lipinski definition) is 5. The Bertz CT molecular complexity index is 1440. The van der Waals surface area contributed by atoms with Crippen LogP contribution in [0.2, 0.25) is 0 Å². The number of primary sulfonamides is 1. The van der Waals surface area contributed by atoms with Gasteiger partial charge < -0.3 is 22.1 Å². The molecule has 180 valence electrons. The number of nitrogens with two attached hydrogens (primary N) is 3. The second kappa shape index (κ2) is 10.6. The summed E-state index contributed by atoms with van der Waals surface area (Å²) in [6, 6.07) is 19.6. The van der Waals surface area contributed by atoms with Gasteiger partial charge in [-0.2, -0.15) is 0 Å². The van der Waals surface area contributed by atoms with Gasteiger partial charge in [-0.3, -0.25) is 4.79 Å². The van der Waals surface area contributed by atoms with E-state index in [2.05, 4.69) is 22.2 Å². The number of anilines is 2. The smallest absolute Gasteiger partial charge is 0.252 e. The molecule has 0 aliphatic heterocycles. The highest BCUT2D eigenvalue weighted by Gasteiger charge is 2.16. The number of benzene rings is 3. The third-order valence-electron chi connectivity index (χ3n) is 4.74. The van der Waals surface area contributed by atoms with Gasteiger partial charge in [0.1, 0.15) is 10.7 Å². The molecule has 0 aromatic heterocycles. The highest BCUT2D eigenvalue weighted by molar-refractivity contribution is 7.89. The van der Waals surface area contributed by atoms with E-state index in [0.29, 0.717) is 0 Å². The first-order valence-electron chi connectivity index (χ1n) is 10.1. The zero-order valence-electron chi connectivity index (χ0n) is 18.4. The first-order chi connectivity index (χ1) is 16.6. The molecule has 11 heteroatoms. The molecule has 0 spiro atoms. The summed E-state index contributed by atoms with van der Waals surface area (Å²) in [5.74, 6) is -1.71. The Morgan fingerprint density at radius 1 is 0.914 bits per heavy atom. The number of aliphatic imine (C=N–C) groups is 1. The van der Waals surface area contributed by atoms with Crippen molar-refractivity contribution in [3.05, 3.63) is 103 Å². The van der Waals surface area contributed by atoms with Gasteiger partial charge in [-0.1, -0.05) is 55.1 Å². The number of primary amides is 1. The minimum absolute atomic E-state index is 0.0533. The number of para-hydroxylation sites is 1. The summed E-state index contributed by atoms with van der Waals surface area (Å²) in [5.41, 5.74) is 12.8. The molecule has 1 amide bonds. The van der Waals surface area contributed by atoms with Gasteiger partial charge in [0.25, 0.3) is 5.91 Å². The molecule has 9 nitrogen and oxygen atoms in total. The Labute approximate surface area is 201 Å². The van der Waals surface area contributed by atoms with Crippen molar-refractivity contribution in [2.75, 3.05) is 10.6 Å². The largest absolute Gasteiger partial charge is 0.369 e. The molecule has 0 radical (unpaired) electrons. The molecule has 35 heavy (non-hydrogen) atoms. The minimum atomic E-state index is -4.05. The normalized spacial score (nSPS) is 12.2. The van der Waals surface area contributed by atoms with Crippen molar-refractivity contribution in [2.45, 2.75) is 4.90 Å². The number of hydrogen-bond donors (Lipinski definition) is 5. The Kier molecular flexibility index (Phi) is 7.64. The molecule has 0 unspecified atom stereocenters. The van der Waals surface area contributed by atoms with E-state index < -0.39 is 21.7 Å². The molecular formula is C24H23FN6O3S. The van der Waals surface area contributed by atoms with E-state index in [1.165, 1.54) is 24.3 Å². The number of carbonyl (C=O) groups is 1. The van der Waals surface area contributed by atoms with Crippen LogP contribution in [-0.2, 0) is 14.8 Å². The molecule has 0 aliphatic rings. The molecule has 3 rings (SSSR count). The van der Waals surface area contributed by atoms with Gasteiger partial charge in [0.05, 0.1) is 16.9 Å². The molecule has 3 aromatic carbocycles. The van der Waals surface area contributed by atoms with Crippen molar-refractivity contribution in [1.82, 2.24) is 0 Å². The van der Waals surface area contributed by atoms with Gasteiger partial charge in [0.2, 0.25) is 10.0 Å². The fourth-order valence-electron chi connectivity index (χ4n) is 3.07. The van der Waals surface area contributed by atoms with Gasteiger partial charge >= 0.3 is 0 Å². The average Bonchev–Trinajstić information content (AvgIpc) is 2.80. The summed E-state index contributed by atoms with van der Waals surface area (Å²) in [7, 11) is -4.05. The van der Waals surface area contributed by atoms with Crippen LogP contribution in [0.4, 0.5) is 15.8 Å². The monoisotopic (exact) mass is 494 g/mol. The van der Waals surface area contributed by atoms with Crippen LogP contribution < -0.4 is 27.2 Å². The van der Waals surface area contributed by atoms with E-state index in [1.807, 2.05) is 30.3 Å². The number of nitrogens with zero attached hydrogens (tertiary/aromatic N) is 1. The third kappa shape index (κ3) is 6.53. The molecular weight excluding hydrogens is 471 g/mol. The molecule has 0 atom stereocenters. The number of guanidine groups is 1. The molecule has 0 heterocycles. The molecule has 0 saturated heterocycles. The zero-order chi connectivity index (χ0) is 25.6. The number of carbonyl (C=O) groups excluding carboxylic acids is 1. The first-order valence-corrected chi connectivity index (χ1v) is 11.6. The maximum atomic E-state index is 14.3. The standard InChI is InChI=1S/C24H23FN6O3S/c1-15(30-20-9-5-6-10-22(20)35(28,33)34)18(23(26)32)14-29-24(27)31-21-13-17(11-12-19(21)25)16-7-3-2-4-8-16/h2-14,30H,1H2,(H2,26,32)(H3,27,29,31)(H2,28,33,34)/b18-14+. The Balaban J connectivity index is 1.84. The van der Waals surface area contributed by atoms with Crippen LogP contribution in [0.15, 0.2) is 107 Å². The fourth-order valence-corrected chi connectivity index (χ4v) is 3.77. The number of halogens is 1. The summed E-state index contributed by atoms with van der Waals surface area (Å²) < 4.78 is 37.9. The van der Waals surface area contributed by atoms with Gasteiger partial charge in [-0.05, 0) is 35.4 Å². The number of sulfonamides is 1. The second-order valence-corrected chi connectivity index (χ2v) is 8.78. The summed E-state index contributed by atoms with van der Waals surface area (Å²) in [6.07, 6.45) is 1.03. The predicted molar refractivity (Wildman–Crippen MR) is 135 cm³/mol. The average molecular weight is 495 g/mol. The van der Waals surface area contributed by atoms with E-state index in [1.54, 1.807) is 18.2 Å². The van der Waals surface area contributed by atoms with Crippen LogP contribution in [0.25, 0.3) is 11.1 Å². The van der Waals surface area contributed by atoms with Crippen molar-refractivity contribution in [1.29, 1.82) is 0 Å². The Morgan fingerprint density at radius 3 is 2.23 bits per heavy atom. The molecule has 0 bridgehead atoms. The molecule has 8 N–H and O–H groups in total. The van der Waals surface area contributed by atoms with Crippen molar-refractivity contribution in [2.24, 2.45) is 21.6 Å². The Morgan fingerprint density at radius 2 is 1.57 bits per heavy atom. The minimum Gasteiger partial charge on any atom is -0.369 e. The van der Waals surface area contributed by atoms with Crippen LogP contribution in [0.1, 0.15) is 0 Å². The maximum Gasteiger partial charge on any atom is 0.252 e. The summed E-state index contributed by atoms with van der Waals surface area (Å²) in [4.78, 5) is 15.7. The molecule has 0 saturated carbocycles. The SMILES string of the molecule is C=C(Nc1ccccc1S(N)(=O)=O)/C(=C\N=C(N)Nc1cc(-c2ccccc2)ccc1F)C(N)=O. The number of nitrogens with one attached hydrogen (secondary N) is 2. The lowest BCUT2D eigenvalue weighted by Crippen LogP contribution is -2.23. The second-order valence-electron chi connectivity index (χ2n) is 7.25. The van der Waals surface area contributed by atoms with Gasteiger partial charge in [-0.25, -0.2) is 22.9 Å².